The van der Waals surface area contributed by atoms with E-state index in [1.54, 1.807) is 12.3 Å². The molecule has 20 heavy (non-hydrogen) atoms. The Morgan fingerprint density at radius 3 is 3.15 bits per heavy atom. The molecule has 1 unspecified atom stereocenters. The minimum absolute atomic E-state index is 0.0771. The Morgan fingerprint density at radius 2 is 2.45 bits per heavy atom. The molecule has 0 radical (unpaired) electrons. The van der Waals surface area contributed by atoms with Crippen LogP contribution in [-0.2, 0) is 4.79 Å². The van der Waals surface area contributed by atoms with Crippen molar-refractivity contribution in [1.29, 1.82) is 0 Å². The minimum atomic E-state index is -0.698. The monoisotopic (exact) mass is 291 g/mol. The number of hydrogen-bond acceptors (Lipinski definition) is 4. The molecule has 2 aromatic heterocycles. The van der Waals surface area contributed by atoms with Crippen molar-refractivity contribution in [2.45, 2.75) is 18.9 Å². The molecule has 0 fully saturated rings. The minimum Gasteiger partial charge on any atom is -0.464 e. The van der Waals surface area contributed by atoms with Gasteiger partial charge in [0.2, 0.25) is 5.91 Å². The zero-order valence-corrected chi connectivity index (χ0v) is 11.9. The van der Waals surface area contributed by atoms with Crippen LogP contribution in [-0.4, -0.2) is 17.6 Å². The second-order valence-corrected chi connectivity index (χ2v) is 5.31. The van der Waals surface area contributed by atoms with Gasteiger partial charge < -0.3 is 14.8 Å². The highest BCUT2D eigenvalue weighted by Gasteiger charge is 2.13. The maximum atomic E-state index is 11.4. The van der Waals surface area contributed by atoms with E-state index < -0.39 is 6.10 Å². The Morgan fingerprint density at radius 1 is 1.60 bits per heavy atom. The largest absolute Gasteiger partial charge is 0.464 e. The molecule has 0 aromatic carbocycles. The third kappa shape index (κ3) is 3.82. The second kappa shape index (κ2) is 7.07. The summed E-state index contributed by atoms with van der Waals surface area (Å²) in [6.07, 6.45) is 3.66. The van der Waals surface area contributed by atoms with Crippen LogP contribution in [0.1, 0.15) is 23.8 Å². The predicted molar refractivity (Wildman–Crippen MR) is 79.4 cm³/mol. The van der Waals surface area contributed by atoms with Crippen LogP contribution in [0.2, 0.25) is 0 Å². The first kappa shape index (κ1) is 14.6. The second-order valence-electron chi connectivity index (χ2n) is 4.36. The van der Waals surface area contributed by atoms with E-state index in [0.717, 1.165) is 16.2 Å². The average molecular weight is 291 g/mol. The van der Waals surface area contributed by atoms with Gasteiger partial charge >= 0.3 is 0 Å². The van der Waals surface area contributed by atoms with Crippen molar-refractivity contribution < 1.29 is 14.3 Å². The predicted octanol–water partition coefficient (Wildman–Crippen LogP) is 3.12. The van der Waals surface area contributed by atoms with Crippen molar-refractivity contribution >= 4 is 17.2 Å². The molecule has 2 N–H and O–H groups in total. The summed E-state index contributed by atoms with van der Waals surface area (Å²) in [6, 6.07) is 5.57. The number of furan rings is 1. The third-order valence-corrected chi connectivity index (χ3v) is 3.86. The number of amides is 1. The molecule has 4 nitrogen and oxygen atoms in total. The van der Waals surface area contributed by atoms with Gasteiger partial charge in [0.15, 0.2) is 0 Å². The van der Waals surface area contributed by atoms with E-state index in [0.29, 0.717) is 12.8 Å². The molecule has 2 heterocycles. The molecule has 0 saturated carbocycles. The molecular weight excluding hydrogens is 274 g/mol. The fraction of sp³-hybridized carbons (Fsp3) is 0.267. The highest BCUT2D eigenvalue weighted by atomic mass is 32.1. The van der Waals surface area contributed by atoms with Crippen LogP contribution >= 0.6 is 11.3 Å². The first-order chi connectivity index (χ1) is 9.70. The number of aliphatic hydroxyl groups is 1. The normalized spacial score (nSPS) is 12.1. The lowest BCUT2D eigenvalue weighted by atomic mass is 10.2. The number of aliphatic hydroxyl groups excluding tert-OH is 1. The molecule has 0 spiro atoms. The quantitative estimate of drug-likeness (QED) is 0.770. The highest BCUT2D eigenvalue weighted by Crippen LogP contribution is 2.29. The molecule has 2 aromatic rings. The van der Waals surface area contributed by atoms with Crippen molar-refractivity contribution in [1.82, 2.24) is 5.32 Å². The van der Waals surface area contributed by atoms with Crippen molar-refractivity contribution in [3.8, 4) is 11.3 Å². The summed E-state index contributed by atoms with van der Waals surface area (Å²) in [5, 5.41) is 14.7. The Kier molecular flexibility index (Phi) is 5.15. The van der Waals surface area contributed by atoms with Gasteiger partial charge in [0.25, 0.3) is 0 Å². The van der Waals surface area contributed by atoms with E-state index in [9.17, 15) is 9.90 Å². The highest BCUT2D eigenvalue weighted by molar-refractivity contribution is 7.10. The number of nitrogens with one attached hydrogen (secondary N) is 1. The molecule has 2 rings (SSSR count). The van der Waals surface area contributed by atoms with E-state index in [1.807, 2.05) is 23.6 Å². The fourth-order valence-electron chi connectivity index (χ4n) is 1.73. The van der Waals surface area contributed by atoms with Crippen LogP contribution in [0.3, 0.4) is 0 Å². The van der Waals surface area contributed by atoms with Crippen molar-refractivity contribution in [3.05, 3.63) is 47.4 Å². The maximum absolute atomic E-state index is 11.4. The van der Waals surface area contributed by atoms with Gasteiger partial charge in [-0.3, -0.25) is 4.79 Å². The van der Waals surface area contributed by atoms with E-state index in [2.05, 4.69) is 11.9 Å². The summed E-state index contributed by atoms with van der Waals surface area (Å²) in [5.74, 6) is 0.696. The van der Waals surface area contributed by atoms with E-state index in [-0.39, 0.29) is 12.5 Å². The Labute approximate surface area is 121 Å². The van der Waals surface area contributed by atoms with E-state index in [4.69, 9.17) is 4.42 Å². The van der Waals surface area contributed by atoms with Crippen LogP contribution in [0.4, 0.5) is 0 Å². The van der Waals surface area contributed by atoms with Crippen LogP contribution in [0.15, 0.2) is 46.9 Å². The summed E-state index contributed by atoms with van der Waals surface area (Å²) in [4.78, 5) is 12.3. The SMILES string of the molecule is C=CCCC(=O)NCC(O)c1cc(-c2ccco2)cs1. The topological polar surface area (TPSA) is 62.5 Å². The van der Waals surface area contributed by atoms with Crippen molar-refractivity contribution in [2.24, 2.45) is 0 Å². The molecule has 5 heteroatoms. The Balaban J connectivity index is 1.88. The van der Waals surface area contributed by atoms with Crippen LogP contribution in [0, 0.1) is 0 Å². The maximum Gasteiger partial charge on any atom is 0.220 e. The number of thiophene rings is 1. The van der Waals surface area contributed by atoms with Crippen molar-refractivity contribution in [3.63, 3.8) is 0 Å². The molecule has 0 aliphatic heterocycles. The summed E-state index contributed by atoms with van der Waals surface area (Å²) in [5.41, 5.74) is 0.937. The standard InChI is InChI=1S/C15H17NO3S/c1-2-3-6-15(18)16-9-12(17)14-8-11(10-20-14)13-5-4-7-19-13/h2,4-5,7-8,10,12,17H,1,3,6,9H2,(H,16,18). The first-order valence-corrected chi connectivity index (χ1v) is 7.26. The van der Waals surface area contributed by atoms with E-state index >= 15 is 0 Å². The fourth-order valence-corrected chi connectivity index (χ4v) is 2.61. The molecule has 0 bridgehead atoms. The number of carbonyl (C=O) groups is 1. The number of hydrogen-bond donors (Lipinski definition) is 2. The summed E-state index contributed by atoms with van der Waals surface area (Å²) in [6.45, 7) is 3.78. The molecule has 0 aliphatic rings. The van der Waals surface area contributed by atoms with Gasteiger partial charge in [-0.05, 0) is 24.6 Å². The van der Waals surface area contributed by atoms with Gasteiger partial charge in [-0.15, -0.1) is 17.9 Å². The lowest BCUT2D eigenvalue weighted by Gasteiger charge is -2.09. The molecule has 106 valence electrons. The first-order valence-electron chi connectivity index (χ1n) is 6.38. The van der Waals surface area contributed by atoms with Crippen LogP contribution in [0.5, 0.6) is 0 Å². The van der Waals surface area contributed by atoms with E-state index in [1.165, 1.54) is 11.3 Å². The summed E-state index contributed by atoms with van der Waals surface area (Å²) < 4.78 is 5.30. The van der Waals surface area contributed by atoms with Gasteiger partial charge in [0.05, 0.1) is 6.26 Å². The number of rotatable bonds is 7. The zero-order chi connectivity index (χ0) is 14.4. The van der Waals surface area contributed by atoms with Gasteiger partial charge in [0.1, 0.15) is 11.9 Å². The van der Waals surface area contributed by atoms with Gasteiger partial charge in [-0.2, -0.15) is 0 Å². The molecule has 1 atom stereocenters. The molecular formula is C15H17NO3S. The van der Waals surface area contributed by atoms with Crippen LogP contribution in [0.25, 0.3) is 11.3 Å². The Bertz CT molecular complexity index is 559. The van der Waals surface area contributed by atoms with Crippen LogP contribution < -0.4 is 5.32 Å². The average Bonchev–Trinajstić information content (AvgIpc) is 3.11. The lowest BCUT2D eigenvalue weighted by molar-refractivity contribution is -0.121. The van der Waals surface area contributed by atoms with Crippen molar-refractivity contribution in [2.75, 3.05) is 6.54 Å². The molecule has 1 amide bonds. The zero-order valence-electron chi connectivity index (χ0n) is 11.0. The summed E-state index contributed by atoms with van der Waals surface area (Å²) in [7, 11) is 0. The number of carbonyl (C=O) groups excluding carboxylic acids is 1. The molecule has 0 aliphatic carbocycles. The van der Waals surface area contributed by atoms with Gasteiger partial charge in [-0.25, -0.2) is 0 Å². The van der Waals surface area contributed by atoms with Gasteiger partial charge in [-0.1, -0.05) is 6.08 Å². The molecule has 0 saturated heterocycles. The van der Waals surface area contributed by atoms with Gasteiger partial charge in [0, 0.05) is 28.8 Å². The lowest BCUT2D eigenvalue weighted by Crippen LogP contribution is -2.27. The number of allylic oxidation sites excluding steroid dienone is 1. The third-order valence-electron chi connectivity index (χ3n) is 2.82. The summed E-state index contributed by atoms with van der Waals surface area (Å²) >= 11 is 1.45. The smallest absolute Gasteiger partial charge is 0.220 e. The Hall–Kier alpha value is -1.85.